The highest BCUT2D eigenvalue weighted by molar-refractivity contribution is 5.99. The van der Waals surface area contributed by atoms with Crippen LogP contribution in [0.25, 0.3) is 0 Å². The summed E-state index contributed by atoms with van der Waals surface area (Å²) in [6.07, 6.45) is 1.77. The fraction of sp³-hybridized carbons (Fsp3) is 0.333. The predicted octanol–water partition coefficient (Wildman–Crippen LogP) is 3.47. The molecule has 2 saturated heterocycles. The Morgan fingerprint density at radius 3 is 1.97 bits per heavy atom. The number of nitrogens with zero attached hydrogens (tertiary/aromatic N) is 4. The Morgan fingerprint density at radius 2 is 1.36 bits per heavy atom. The van der Waals surface area contributed by atoms with Gasteiger partial charge in [0.15, 0.2) is 0 Å². The fourth-order valence-electron chi connectivity index (χ4n) is 4.83. The molecule has 33 heavy (non-hydrogen) atoms. The lowest BCUT2D eigenvalue weighted by atomic mass is 9.96. The van der Waals surface area contributed by atoms with Gasteiger partial charge in [-0.25, -0.2) is 4.98 Å². The highest BCUT2D eigenvalue weighted by Gasteiger charge is 2.30. The zero-order chi connectivity index (χ0) is 22.5. The van der Waals surface area contributed by atoms with Gasteiger partial charge in [0.25, 0.3) is 5.91 Å². The van der Waals surface area contributed by atoms with Crippen LogP contribution in [0.2, 0.25) is 0 Å². The Bertz CT molecular complexity index is 1010. The van der Waals surface area contributed by atoms with Crippen LogP contribution in [0.5, 0.6) is 0 Å². The number of hydrogen-bond donors (Lipinski definition) is 0. The number of piperazine rings is 1. The summed E-state index contributed by atoms with van der Waals surface area (Å²) in [5.41, 5.74) is 3.26. The SMILES string of the molecule is O=C(c1cccnc1N1CCOCC1)N1CCN(C(c2ccccc2)c2ccccc2)CC1. The minimum Gasteiger partial charge on any atom is -0.378 e. The van der Waals surface area contributed by atoms with Crippen LogP contribution >= 0.6 is 0 Å². The van der Waals surface area contributed by atoms with Crippen LogP contribution in [0, 0.1) is 0 Å². The molecule has 2 fully saturated rings. The van der Waals surface area contributed by atoms with E-state index < -0.39 is 0 Å². The number of ether oxygens (including phenoxy) is 1. The maximum atomic E-state index is 13.5. The summed E-state index contributed by atoms with van der Waals surface area (Å²) in [5.74, 6) is 0.847. The lowest BCUT2D eigenvalue weighted by molar-refractivity contribution is 0.0596. The molecule has 1 aromatic heterocycles. The molecule has 2 aliphatic heterocycles. The lowest BCUT2D eigenvalue weighted by Gasteiger charge is -2.40. The normalized spacial score (nSPS) is 17.4. The average molecular weight is 443 g/mol. The lowest BCUT2D eigenvalue weighted by Crippen LogP contribution is -2.50. The van der Waals surface area contributed by atoms with E-state index in [2.05, 4.69) is 75.4 Å². The van der Waals surface area contributed by atoms with Gasteiger partial charge in [-0.1, -0.05) is 60.7 Å². The molecule has 3 aromatic rings. The van der Waals surface area contributed by atoms with Crippen molar-refractivity contribution >= 4 is 11.7 Å². The molecule has 2 aromatic carbocycles. The molecule has 0 N–H and O–H groups in total. The van der Waals surface area contributed by atoms with E-state index in [1.54, 1.807) is 6.20 Å². The number of morpholine rings is 1. The highest BCUT2D eigenvalue weighted by Crippen LogP contribution is 2.30. The number of rotatable bonds is 5. The van der Waals surface area contributed by atoms with Crippen LogP contribution in [0.4, 0.5) is 5.82 Å². The molecule has 170 valence electrons. The van der Waals surface area contributed by atoms with Crippen LogP contribution < -0.4 is 4.90 Å². The molecular weight excluding hydrogens is 412 g/mol. The number of pyridine rings is 1. The molecule has 6 nitrogen and oxygen atoms in total. The van der Waals surface area contributed by atoms with Gasteiger partial charge in [0.05, 0.1) is 24.8 Å². The van der Waals surface area contributed by atoms with Gasteiger partial charge in [-0.3, -0.25) is 9.69 Å². The van der Waals surface area contributed by atoms with Crippen molar-refractivity contribution in [2.75, 3.05) is 57.4 Å². The third-order valence-electron chi connectivity index (χ3n) is 6.52. The predicted molar refractivity (Wildman–Crippen MR) is 129 cm³/mol. The topological polar surface area (TPSA) is 48.9 Å². The number of amides is 1. The van der Waals surface area contributed by atoms with Gasteiger partial charge in [-0.05, 0) is 23.3 Å². The molecule has 2 aliphatic rings. The quantitative estimate of drug-likeness (QED) is 0.606. The average Bonchev–Trinajstić information content (AvgIpc) is 2.91. The first kappa shape index (κ1) is 21.6. The molecule has 0 radical (unpaired) electrons. The van der Waals surface area contributed by atoms with Gasteiger partial charge < -0.3 is 14.5 Å². The summed E-state index contributed by atoms with van der Waals surface area (Å²) < 4.78 is 5.47. The number of carbonyl (C=O) groups excluding carboxylic acids is 1. The summed E-state index contributed by atoms with van der Waals surface area (Å²) in [7, 11) is 0. The standard InChI is InChI=1S/C27H30N4O2/c32-27(24-12-7-13-28-26(24)30-18-20-33-21-19-30)31-16-14-29(15-17-31)25(22-8-3-1-4-9-22)23-10-5-2-6-11-23/h1-13,25H,14-21H2. The zero-order valence-electron chi connectivity index (χ0n) is 18.8. The second-order valence-corrected chi connectivity index (χ2v) is 8.53. The van der Waals surface area contributed by atoms with Gasteiger partial charge in [0.2, 0.25) is 0 Å². The zero-order valence-corrected chi connectivity index (χ0v) is 18.8. The van der Waals surface area contributed by atoms with Crippen LogP contribution in [0.15, 0.2) is 79.0 Å². The molecule has 0 aliphatic carbocycles. The summed E-state index contributed by atoms with van der Waals surface area (Å²) in [4.78, 5) is 24.7. The van der Waals surface area contributed by atoms with Gasteiger partial charge in [-0.15, -0.1) is 0 Å². The maximum Gasteiger partial charge on any atom is 0.257 e. The molecule has 3 heterocycles. The first-order chi connectivity index (χ1) is 16.3. The molecule has 0 spiro atoms. The monoisotopic (exact) mass is 442 g/mol. The minimum absolute atomic E-state index is 0.0696. The molecule has 0 bridgehead atoms. The first-order valence-electron chi connectivity index (χ1n) is 11.7. The maximum absolute atomic E-state index is 13.5. The molecule has 5 rings (SSSR count). The number of carbonyl (C=O) groups is 1. The Hall–Kier alpha value is -3.22. The third-order valence-corrected chi connectivity index (χ3v) is 6.52. The van der Waals surface area contributed by atoms with E-state index >= 15 is 0 Å². The Labute approximate surface area is 195 Å². The minimum atomic E-state index is 0.0696. The molecule has 6 heteroatoms. The second kappa shape index (κ2) is 10.1. The molecule has 0 atom stereocenters. The summed E-state index contributed by atoms with van der Waals surface area (Å²) in [6.45, 7) is 5.92. The fourth-order valence-corrected chi connectivity index (χ4v) is 4.83. The van der Waals surface area contributed by atoms with Crippen molar-refractivity contribution in [3.63, 3.8) is 0 Å². The van der Waals surface area contributed by atoms with Crippen molar-refractivity contribution in [2.24, 2.45) is 0 Å². The first-order valence-corrected chi connectivity index (χ1v) is 11.7. The van der Waals surface area contributed by atoms with Crippen LogP contribution in [-0.4, -0.2) is 73.2 Å². The van der Waals surface area contributed by atoms with Crippen LogP contribution in [0.3, 0.4) is 0 Å². The summed E-state index contributed by atoms with van der Waals surface area (Å²) in [5, 5.41) is 0. The number of anilines is 1. The van der Waals surface area contributed by atoms with E-state index in [0.717, 1.165) is 32.0 Å². The number of aromatic nitrogens is 1. The van der Waals surface area contributed by atoms with Crippen molar-refractivity contribution in [2.45, 2.75) is 6.04 Å². The Kier molecular flexibility index (Phi) is 6.65. The Morgan fingerprint density at radius 1 is 0.758 bits per heavy atom. The van der Waals surface area contributed by atoms with Crippen LogP contribution in [-0.2, 0) is 4.74 Å². The third kappa shape index (κ3) is 4.77. The largest absolute Gasteiger partial charge is 0.378 e. The molecule has 0 unspecified atom stereocenters. The number of hydrogen-bond acceptors (Lipinski definition) is 5. The van der Waals surface area contributed by atoms with E-state index in [1.165, 1.54) is 11.1 Å². The number of benzene rings is 2. The van der Waals surface area contributed by atoms with Crippen molar-refractivity contribution in [3.8, 4) is 0 Å². The van der Waals surface area contributed by atoms with E-state index in [9.17, 15) is 4.79 Å². The van der Waals surface area contributed by atoms with E-state index in [-0.39, 0.29) is 11.9 Å². The van der Waals surface area contributed by atoms with Gasteiger partial charge in [-0.2, -0.15) is 0 Å². The van der Waals surface area contributed by atoms with Crippen molar-refractivity contribution in [1.29, 1.82) is 0 Å². The van der Waals surface area contributed by atoms with Crippen molar-refractivity contribution < 1.29 is 9.53 Å². The molecule has 1 amide bonds. The smallest absolute Gasteiger partial charge is 0.257 e. The van der Waals surface area contributed by atoms with Crippen molar-refractivity contribution in [1.82, 2.24) is 14.8 Å². The van der Waals surface area contributed by atoms with Gasteiger partial charge >= 0.3 is 0 Å². The van der Waals surface area contributed by atoms with Crippen LogP contribution in [0.1, 0.15) is 27.5 Å². The van der Waals surface area contributed by atoms with Gasteiger partial charge in [0.1, 0.15) is 5.82 Å². The highest BCUT2D eigenvalue weighted by atomic mass is 16.5. The van der Waals surface area contributed by atoms with E-state index in [0.29, 0.717) is 31.9 Å². The molecular formula is C27H30N4O2. The van der Waals surface area contributed by atoms with E-state index in [1.807, 2.05) is 17.0 Å². The molecule has 0 saturated carbocycles. The van der Waals surface area contributed by atoms with E-state index in [4.69, 9.17) is 4.74 Å². The van der Waals surface area contributed by atoms with Gasteiger partial charge in [0, 0.05) is 45.5 Å². The van der Waals surface area contributed by atoms with Crippen molar-refractivity contribution in [3.05, 3.63) is 95.7 Å². The summed E-state index contributed by atoms with van der Waals surface area (Å²) in [6, 6.07) is 25.2. The second-order valence-electron chi connectivity index (χ2n) is 8.53. The Balaban J connectivity index is 1.32. The summed E-state index contributed by atoms with van der Waals surface area (Å²) >= 11 is 0.